The van der Waals surface area contributed by atoms with Crippen molar-refractivity contribution in [2.75, 3.05) is 0 Å². The first-order valence-electron chi connectivity index (χ1n) is 12.4. The standard InChI is InChI=1S/C28H46O/c1-8-12-20-28(18-10-3,19-11-4)24-21-16-13-14-17-22(21)26(29)25(27(5,6)7)23(24)15-9-2/h29H,8-19H2,1-7H3. The summed E-state index contributed by atoms with van der Waals surface area (Å²) < 4.78 is 0. The number of benzene rings is 1. The number of unbranched alkanes of at least 4 members (excludes halogenated alkanes) is 1. The van der Waals surface area contributed by atoms with Crippen molar-refractivity contribution < 1.29 is 5.11 Å². The Morgan fingerprint density at radius 3 is 1.86 bits per heavy atom. The molecule has 1 N–H and O–H groups in total. The van der Waals surface area contributed by atoms with Crippen molar-refractivity contribution in [3.8, 4) is 5.75 Å². The molecule has 1 aliphatic carbocycles. The molecule has 2 rings (SSSR count). The molecule has 1 aromatic carbocycles. The first-order valence-corrected chi connectivity index (χ1v) is 12.4. The second-order valence-electron chi connectivity index (χ2n) is 10.3. The minimum absolute atomic E-state index is 0.0408. The van der Waals surface area contributed by atoms with Crippen LogP contribution in [-0.2, 0) is 30.1 Å². The van der Waals surface area contributed by atoms with Crippen LogP contribution in [0.5, 0.6) is 5.75 Å². The lowest BCUT2D eigenvalue weighted by molar-refractivity contribution is 0.381. The summed E-state index contributed by atoms with van der Waals surface area (Å²) in [6.07, 6.45) is 17.8. The Morgan fingerprint density at radius 1 is 0.793 bits per heavy atom. The maximum atomic E-state index is 11.5. The predicted molar refractivity (Wildman–Crippen MR) is 127 cm³/mol. The average Bonchev–Trinajstić information content (AvgIpc) is 2.66. The quantitative estimate of drug-likeness (QED) is 0.420. The van der Waals surface area contributed by atoms with Crippen LogP contribution in [0.2, 0.25) is 0 Å². The topological polar surface area (TPSA) is 20.2 Å². The molecule has 1 aliphatic rings. The molecule has 0 saturated carbocycles. The fraction of sp³-hybridized carbons (Fsp3) is 0.750. The van der Waals surface area contributed by atoms with Crippen LogP contribution in [0.25, 0.3) is 0 Å². The minimum Gasteiger partial charge on any atom is -0.507 e. The van der Waals surface area contributed by atoms with Crippen LogP contribution < -0.4 is 0 Å². The summed E-state index contributed by atoms with van der Waals surface area (Å²) >= 11 is 0. The average molecular weight is 399 g/mol. The molecule has 0 unspecified atom stereocenters. The van der Waals surface area contributed by atoms with Gasteiger partial charge in [-0.2, -0.15) is 0 Å². The van der Waals surface area contributed by atoms with Gasteiger partial charge in [0.15, 0.2) is 0 Å². The highest BCUT2D eigenvalue weighted by atomic mass is 16.3. The monoisotopic (exact) mass is 398 g/mol. The second-order valence-corrected chi connectivity index (χ2v) is 10.3. The van der Waals surface area contributed by atoms with Crippen LogP contribution in [0.3, 0.4) is 0 Å². The Balaban J connectivity index is 2.94. The molecular formula is C28H46O. The zero-order valence-corrected chi connectivity index (χ0v) is 20.4. The van der Waals surface area contributed by atoms with E-state index < -0.39 is 0 Å². The van der Waals surface area contributed by atoms with Crippen LogP contribution in [0.1, 0.15) is 134 Å². The Kier molecular flexibility index (Phi) is 8.68. The van der Waals surface area contributed by atoms with Crippen LogP contribution >= 0.6 is 0 Å². The van der Waals surface area contributed by atoms with Crippen molar-refractivity contribution in [2.45, 2.75) is 136 Å². The number of hydrogen-bond acceptors (Lipinski definition) is 1. The molecule has 0 heterocycles. The van der Waals surface area contributed by atoms with Crippen LogP contribution in [-0.4, -0.2) is 5.11 Å². The van der Waals surface area contributed by atoms with Gasteiger partial charge in [0.05, 0.1) is 0 Å². The molecule has 29 heavy (non-hydrogen) atoms. The Hall–Kier alpha value is -0.980. The van der Waals surface area contributed by atoms with Crippen LogP contribution in [0, 0.1) is 6.42 Å². The molecule has 1 aromatic rings. The van der Waals surface area contributed by atoms with Crippen molar-refractivity contribution >= 4 is 0 Å². The van der Waals surface area contributed by atoms with Gasteiger partial charge >= 0.3 is 0 Å². The molecule has 0 fully saturated rings. The minimum atomic E-state index is -0.0509. The van der Waals surface area contributed by atoms with Crippen molar-refractivity contribution in [3.05, 3.63) is 34.2 Å². The molecule has 0 saturated heterocycles. The lowest BCUT2D eigenvalue weighted by Gasteiger charge is -2.42. The highest BCUT2D eigenvalue weighted by Gasteiger charge is 2.39. The molecule has 0 bridgehead atoms. The summed E-state index contributed by atoms with van der Waals surface area (Å²) in [6, 6.07) is 0. The third-order valence-corrected chi connectivity index (χ3v) is 6.69. The van der Waals surface area contributed by atoms with Gasteiger partial charge < -0.3 is 5.11 Å². The van der Waals surface area contributed by atoms with E-state index in [1.807, 2.05) is 0 Å². The van der Waals surface area contributed by atoms with E-state index >= 15 is 0 Å². The number of aromatic hydroxyl groups is 1. The lowest BCUT2D eigenvalue weighted by atomic mass is 9.62. The Labute approximate surface area is 181 Å². The van der Waals surface area contributed by atoms with Crippen molar-refractivity contribution in [2.24, 2.45) is 0 Å². The molecule has 0 amide bonds. The van der Waals surface area contributed by atoms with Gasteiger partial charge in [-0.05, 0) is 85.5 Å². The highest BCUT2D eigenvalue weighted by molar-refractivity contribution is 5.61. The third kappa shape index (κ3) is 5.02. The smallest absolute Gasteiger partial charge is 0.123 e. The summed E-state index contributed by atoms with van der Waals surface area (Å²) in [7, 11) is 0. The van der Waals surface area contributed by atoms with Crippen LogP contribution in [0.15, 0.2) is 0 Å². The van der Waals surface area contributed by atoms with E-state index in [0.29, 0.717) is 5.75 Å². The van der Waals surface area contributed by atoms with E-state index in [0.717, 1.165) is 38.5 Å². The van der Waals surface area contributed by atoms with E-state index in [1.165, 1.54) is 60.8 Å². The summed E-state index contributed by atoms with van der Waals surface area (Å²) in [5.74, 6) is 0.622. The molecule has 0 atom stereocenters. The summed E-state index contributed by atoms with van der Waals surface area (Å²) in [6.45, 7) is 16.1. The number of hydrogen-bond donors (Lipinski definition) is 1. The first kappa shape index (κ1) is 24.3. The summed E-state index contributed by atoms with van der Waals surface area (Å²) in [5, 5.41) is 11.5. The van der Waals surface area contributed by atoms with E-state index in [2.05, 4.69) is 54.9 Å². The van der Waals surface area contributed by atoms with Crippen molar-refractivity contribution in [3.63, 3.8) is 0 Å². The summed E-state index contributed by atoms with van der Waals surface area (Å²) in [4.78, 5) is 0. The first-order chi connectivity index (χ1) is 13.8. The van der Waals surface area contributed by atoms with Crippen molar-refractivity contribution in [1.82, 2.24) is 0 Å². The zero-order chi connectivity index (χ0) is 21.7. The molecule has 0 aliphatic heterocycles. The SMILES string of the molecule is CCC[C]C(CCC)(CCC)c1c2c(c(O)c(C(C)(C)C)c1CCC)CCCC2. The molecule has 0 aromatic heterocycles. The predicted octanol–water partition coefficient (Wildman–Crippen LogP) is 8.24. The van der Waals surface area contributed by atoms with E-state index in [9.17, 15) is 5.11 Å². The van der Waals surface area contributed by atoms with E-state index in [4.69, 9.17) is 0 Å². The number of rotatable bonds is 10. The lowest BCUT2D eigenvalue weighted by Crippen LogP contribution is -2.33. The highest BCUT2D eigenvalue weighted by Crippen LogP contribution is 2.50. The van der Waals surface area contributed by atoms with Gasteiger partial charge in [-0.15, -0.1) is 0 Å². The summed E-state index contributed by atoms with van der Waals surface area (Å²) in [5.41, 5.74) is 7.04. The maximum Gasteiger partial charge on any atom is 0.123 e. The Bertz CT molecular complexity index is 656. The van der Waals surface area contributed by atoms with Crippen LogP contribution in [0.4, 0.5) is 0 Å². The van der Waals surface area contributed by atoms with Crippen molar-refractivity contribution in [1.29, 1.82) is 0 Å². The normalized spacial score (nSPS) is 14.9. The number of fused-ring (bicyclic) bond motifs is 1. The van der Waals surface area contributed by atoms with Gasteiger partial charge in [0, 0.05) is 11.0 Å². The van der Waals surface area contributed by atoms with E-state index in [-0.39, 0.29) is 10.8 Å². The third-order valence-electron chi connectivity index (χ3n) is 6.69. The number of phenols is 1. The van der Waals surface area contributed by atoms with Gasteiger partial charge in [-0.25, -0.2) is 0 Å². The molecular weight excluding hydrogens is 352 g/mol. The largest absolute Gasteiger partial charge is 0.507 e. The second kappa shape index (κ2) is 10.4. The van der Waals surface area contributed by atoms with Gasteiger partial charge in [0.25, 0.3) is 0 Å². The molecule has 1 heteroatoms. The zero-order valence-electron chi connectivity index (χ0n) is 20.4. The van der Waals surface area contributed by atoms with Gasteiger partial charge in [0.1, 0.15) is 5.75 Å². The molecule has 164 valence electrons. The molecule has 1 nitrogen and oxygen atoms in total. The molecule has 2 radical (unpaired) electrons. The maximum absolute atomic E-state index is 11.5. The van der Waals surface area contributed by atoms with Gasteiger partial charge in [-0.1, -0.05) is 74.1 Å². The van der Waals surface area contributed by atoms with Gasteiger partial charge in [0.2, 0.25) is 0 Å². The van der Waals surface area contributed by atoms with E-state index in [1.54, 1.807) is 5.56 Å². The fourth-order valence-electron chi connectivity index (χ4n) is 5.79. The Morgan fingerprint density at radius 2 is 1.38 bits per heavy atom. The number of phenolic OH excluding ortho intramolecular Hbond substituents is 1. The van der Waals surface area contributed by atoms with Gasteiger partial charge in [-0.3, -0.25) is 0 Å². The molecule has 0 spiro atoms. The fourth-order valence-corrected chi connectivity index (χ4v) is 5.79.